The monoisotopic (exact) mass is 347 g/mol. The molecule has 1 N–H and O–H groups in total. The summed E-state index contributed by atoms with van der Waals surface area (Å²) in [5, 5.41) is 5.20. The molecule has 4 rings (SSSR count). The zero-order chi connectivity index (χ0) is 17.8. The summed E-state index contributed by atoms with van der Waals surface area (Å²) in [6.07, 6.45) is 2.33. The van der Waals surface area contributed by atoms with Gasteiger partial charge < -0.3 is 14.8 Å². The molecule has 0 spiro atoms. The van der Waals surface area contributed by atoms with Gasteiger partial charge in [-0.25, -0.2) is 0 Å². The molecule has 1 heterocycles. The van der Waals surface area contributed by atoms with Gasteiger partial charge in [-0.15, -0.1) is 0 Å². The van der Waals surface area contributed by atoms with E-state index < -0.39 is 0 Å². The van der Waals surface area contributed by atoms with Crippen LogP contribution in [0.15, 0.2) is 66.7 Å². The first kappa shape index (κ1) is 16.6. The normalized spacial score (nSPS) is 16.5. The van der Waals surface area contributed by atoms with Crippen molar-refractivity contribution in [2.45, 2.75) is 18.9 Å². The Labute approximate surface area is 152 Å². The molecule has 4 heteroatoms. The highest BCUT2D eigenvalue weighted by atomic mass is 16.5. The molecule has 1 fully saturated rings. The number of anilines is 1. The molecule has 0 radical (unpaired) electrons. The summed E-state index contributed by atoms with van der Waals surface area (Å²) < 4.78 is 11.3. The average Bonchev–Trinajstić information content (AvgIpc) is 3.20. The fraction of sp³-hybridized carbons (Fsp3) is 0.227. The van der Waals surface area contributed by atoms with Crippen LogP contribution in [-0.4, -0.2) is 25.2 Å². The van der Waals surface area contributed by atoms with Crippen molar-refractivity contribution < 1.29 is 14.3 Å². The van der Waals surface area contributed by atoms with Crippen molar-refractivity contribution in [3.63, 3.8) is 0 Å². The lowest BCUT2D eigenvalue weighted by molar-refractivity contribution is 0.0679. The van der Waals surface area contributed by atoms with Gasteiger partial charge in [0.15, 0.2) is 0 Å². The summed E-state index contributed by atoms with van der Waals surface area (Å²) in [5.74, 6) is 0.619. The third-order valence-electron chi connectivity index (χ3n) is 4.58. The van der Waals surface area contributed by atoms with Crippen LogP contribution in [0.3, 0.4) is 0 Å². The lowest BCUT2D eigenvalue weighted by atomic mass is 10.1. The Kier molecular flexibility index (Phi) is 4.84. The van der Waals surface area contributed by atoms with E-state index in [1.54, 1.807) is 12.1 Å². The standard InChI is InChI=1S/C22H21NO3/c24-22(23-19-10-7-16-4-1-2-5-18(16)14-19)17-8-11-20(12-9-17)26-15-21-6-3-13-25-21/h1-2,4-5,7-12,14,21H,3,6,13,15H2,(H,23,24)/t21-/m1/s1. The maximum Gasteiger partial charge on any atom is 0.255 e. The first-order chi connectivity index (χ1) is 12.8. The second-order valence-corrected chi connectivity index (χ2v) is 6.49. The summed E-state index contributed by atoms with van der Waals surface area (Å²) in [6.45, 7) is 1.38. The van der Waals surface area contributed by atoms with Crippen LogP contribution in [0.25, 0.3) is 10.8 Å². The second-order valence-electron chi connectivity index (χ2n) is 6.49. The number of fused-ring (bicyclic) bond motifs is 1. The number of amides is 1. The second kappa shape index (κ2) is 7.58. The number of hydrogen-bond acceptors (Lipinski definition) is 3. The topological polar surface area (TPSA) is 47.6 Å². The molecule has 0 aromatic heterocycles. The number of rotatable bonds is 5. The fourth-order valence-electron chi connectivity index (χ4n) is 3.14. The maximum atomic E-state index is 12.5. The van der Waals surface area contributed by atoms with Crippen molar-refractivity contribution in [1.29, 1.82) is 0 Å². The highest BCUT2D eigenvalue weighted by Crippen LogP contribution is 2.20. The van der Waals surface area contributed by atoms with Crippen LogP contribution >= 0.6 is 0 Å². The van der Waals surface area contributed by atoms with E-state index in [0.717, 1.165) is 41.7 Å². The Hall–Kier alpha value is -2.85. The SMILES string of the molecule is O=C(Nc1ccc2ccccc2c1)c1ccc(OC[C@H]2CCCO2)cc1. The maximum absolute atomic E-state index is 12.5. The van der Waals surface area contributed by atoms with Crippen LogP contribution in [0.4, 0.5) is 5.69 Å². The van der Waals surface area contributed by atoms with Gasteiger partial charge in [0.1, 0.15) is 12.4 Å². The van der Waals surface area contributed by atoms with Crippen molar-refractivity contribution in [3.8, 4) is 5.75 Å². The number of nitrogens with one attached hydrogen (secondary N) is 1. The van der Waals surface area contributed by atoms with E-state index in [1.165, 1.54) is 0 Å². The minimum Gasteiger partial charge on any atom is -0.491 e. The molecule has 3 aromatic carbocycles. The first-order valence-corrected chi connectivity index (χ1v) is 8.92. The number of ether oxygens (including phenoxy) is 2. The van der Waals surface area contributed by atoms with Crippen LogP contribution in [0.5, 0.6) is 5.75 Å². The summed E-state index contributed by atoms with van der Waals surface area (Å²) in [6, 6.07) is 21.2. The Morgan fingerprint density at radius 1 is 1.04 bits per heavy atom. The van der Waals surface area contributed by atoms with Crippen LogP contribution in [-0.2, 0) is 4.74 Å². The lowest BCUT2D eigenvalue weighted by Crippen LogP contribution is -2.16. The molecule has 1 saturated heterocycles. The van der Waals surface area contributed by atoms with Gasteiger partial charge in [-0.3, -0.25) is 4.79 Å². The number of carbonyl (C=O) groups excluding carboxylic acids is 1. The Balaban J connectivity index is 1.38. The lowest BCUT2D eigenvalue weighted by Gasteiger charge is -2.12. The molecule has 3 aromatic rings. The van der Waals surface area contributed by atoms with E-state index in [2.05, 4.69) is 11.4 Å². The fourth-order valence-corrected chi connectivity index (χ4v) is 3.14. The minimum atomic E-state index is -0.133. The number of carbonyl (C=O) groups is 1. The van der Waals surface area contributed by atoms with Crippen LogP contribution < -0.4 is 10.1 Å². The summed E-state index contributed by atoms with van der Waals surface area (Å²) in [5.41, 5.74) is 1.38. The largest absolute Gasteiger partial charge is 0.491 e. The first-order valence-electron chi connectivity index (χ1n) is 8.92. The predicted octanol–water partition coefficient (Wildman–Crippen LogP) is 4.65. The van der Waals surface area contributed by atoms with Crippen molar-refractivity contribution >= 4 is 22.4 Å². The Morgan fingerprint density at radius 2 is 1.85 bits per heavy atom. The number of benzene rings is 3. The zero-order valence-corrected chi connectivity index (χ0v) is 14.5. The molecule has 0 aliphatic carbocycles. The molecular formula is C22H21NO3. The molecular weight excluding hydrogens is 326 g/mol. The third kappa shape index (κ3) is 3.86. The highest BCUT2D eigenvalue weighted by Gasteiger charge is 2.16. The van der Waals surface area contributed by atoms with Gasteiger partial charge in [0, 0.05) is 17.9 Å². The molecule has 1 aliphatic heterocycles. The zero-order valence-electron chi connectivity index (χ0n) is 14.5. The molecule has 26 heavy (non-hydrogen) atoms. The van der Waals surface area contributed by atoms with Gasteiger partial charge in [-0.05, 0) is 60.0 Å². The van der Waals surface area contributed by atoms with Gasteiger partial charge >= 0.3 is 0 Å². The Morgan fingerprint density at radius 3 is 2.62 bits per heavy atom. The van der Waals surface area contributed by atoms with Crippen molar-refractivity contribution in [3.05, 3.63) is 72.3 Å². The summed E-state index contributed by atoms with van der Waals surface area (Å²) in [4.78, 5) is 12.5. The Bertz CT molecular complexity index is 899. The van der Waals surface area contributed by atoms with Gasteiger partial charge in [-0.1, -0.05) is 30.3 Å². The van der Waals surface area contributed by atoms with Crippen LogP contribution in [0.1, 0.15) is 23.2 Å². The average molecular weight is 347 g/mol. The molecule has 1 amide bonds. The van der Waals surface area contributed by atoms with Gasteiger partial charge in [0.05, 0.1) is 6.10 Å². The summed E-state index contributed by atoms with van der Waals surface area (Å²) in [7, 11) is 0. The quantitative estimate of drug-likeness (QED) is 0.731. The van der Waals surface area contributed by atoms with E-state index in [9.17, 15) is 4.79 Å². The van der Waals surface area contributed by atoms with Gasteiger partial charge in [-0.2, -0.15) is 0 Å². The molecule has 4 nitrogen and oxygen atoms in total. The minimum absolute atomic E-state index is 0.133. The van der Waals surface area contributed by atoms with E-state index in [-0.39, 0.29) is 12.0 Å². The molecule has 132 valence electrons. The van der Waals surface area contributed by atoms with Crippen molar-refractivity contribution in [2.24, 2.45) is 0 Å². The molecule has 1 atom stereocenters. The molecule has 1 aliphatic rings. The van der Waals surface area contributed by atoms with Crippen molar-refractivity contribution in [1.82, 2.24) is 0 Å². The summed E-state index contributed by atoms with van der Waals surface area (Å²) >= 11 is 0. The van der Waals surface area contributed by atoms with E-state index >= 15 is 0 Å². The highest BCUT2D eigenvalue weighted by molar-refractivity contribution is 6.05. The predicted molar refractivity (Wildman–Crippen MR) is 103 cm³/mol. The third-order valence-corrected chi connectivity index (χ3v) is 4.58. The van der Waals surface area contributed by atoms with E-state index in [0.29, 0.717) is 12.2 Å². The smallest absolute Gasteiger partial charge is 0.255 e. The van der Waals surface area contributed by atoms with Crippen LogP contribution in [0.2, 0.25) is 0 Å². The van der Waals surface area contributed by atoms with Crippen molar-refractivity contribution in [2.75, 3.05) is 18.5 Å². The van der Waals surface area contributed by atoms with Gasteiger partial charge in [0.2, 0.25) is 0 Å². The van der Waals surface area contributed by atoms with E-state index in [1.807, 2.05) is 48.5 Å². The van der Waals surface area contributed by atoms with Gasteiger partial charge in [0.25, 0.3) is 5.91 Å². The molecule has 0 bridgehead atoms. The molecule has 0 saturated carbocycles. The van der Waals surface area contributed by atoms with E-state index in [4.69, 9.17) is 9.47 Å². The van der Waals surface area contributed by atoms with Crippen LogP contribution in [0, 0.1) is 0 Å². The molecule has 0 unspecified atom stereocenters. The number of hydrogen-bond donors (Lipinski definition) is 1.